The lowest BCUT2D eigenvalue weighted by Gasteiger charge is -2.20. The molecule has 0 aromatic heterocycles. The van der Waals surface area contributed by atoms with Gasteiger partial charge in [-0.15, -0.1) is 0 Å². The fourth-order valence-corrected chi connectivity index (χ4v) is 1.70. The van der Waals surface area contributed by atoms with Crippen molar-refractivity contribution in [3.05, 3.63) is 0 Å². The normalized spacial score (nSPS) is 12.5. The monoisotopic (exact) mass is 189 g/mol. The largest absolute Gasteiger partial charge is 0.311 e. The van der Waals surface area contributed by atoms with E-state index in [1.165, 1.54) is 11.5 Å². The molecule has 1 nitrogen and oxygen atoms in total. The highest BCUT2D eigenvalue weighted by Gasteiger charge is 2.06. The van der Waals surface area contributed by atoms with Crippen LogP contribution in [0.2, 0.25) is 0 Å². The maximum Gasteiger partial charge on any atom is 0.00968 e. The van der Waals surface area contributed by atoms with E-state index in [1.54, 1.807) is 0 Å². The van der Waals surface area contributed by atoms with Crippen molar-refractivity contribution in [2.24, 2.45) is 5.92 Å². The van der Waals surface area contributed by atoms with Crippen LogP contribution < -0.4 is 5.32 Å². The van der Waals surface area contributed by atoms with Crippen molar-refractivity contribution in [3.8, 4) is 0 Å². The van der Waals surface area contributed by atoms with Crippen molar-refractivity contribution < 1.29 is 0 Å². The summed E-state index contributed by atoms with van der Waals surface area (Å²) in [5.41, 5.74) is 0.276. The van der Waals surface area contributed by atoms with Gasteiger partial charge in [-0.3, -0.25) is 0 Å². The number of hydrogen-bond acceptors (Lipinski definition) is 2. The van der Waals surface area contributed by atoms with Crippen LogP contribution in [0.5, 0.6) is 0 Å². The minimum absolute atomic E-state index is 0.276. The van der Waals surface area contributed by atoms with Crippen LogP contribution in [0.3, 0.4) is 0 Å². The molecule has 0 unspecified atom stereocenters. The van der Waals surface area contributed by atoms with Crippen LogP contribution in [0.15, 0.2) is 0 Å². The van der Waals surface area contributed by atoms with E-state index in [1.807, 2.05) is 11.8 Å². The predicted octanol–water partition coefficient (Wildman–Crippen LogP) is 2.76. The van der Waals surface area contributed by atoms with E-state index in [-0.39, 0.29) is 5.54 Å². The van der Waals surface area contributed by atoms with Crippen molar-refractivity contribution in [1.82, 2.24) is 5.32 Å². The van der Waals surface area contributed by atoms with Crippen LogP contribution in [0.1, 0.15) is 34.6 Å². The molecule has 74 valence electrons. The minimum Gasteiger partial charge on any atom is -0.311 e. The number of thioether (sulfide) groups is 1. The Balaban J connectivity index is 3.12. The molecule has 0 aliphatic heterocycles. The zero-order valence-corrected chi connectivity index (χ0v) is 9.92. The van der Waals surface area contributed by atoms with E-state index >= 15 is 0 Å². The lowest BCUT2D eigenvalue weighted by Crippen LogP contribution is -2.37. The molecule has 0 saturated heterocycles. The Morgan fingerprint density at radius 2 is 1.83 bits per heavy atom. The predicted molar refractivity (Wildman–Crippen MR) is 59.9 cm³/mol. The van der Waals surface area contributed by atoms with Crippen LogP contribution in [0.4, 0.5) is 0 Å². The van der Waals surface area contributed by atoms with Gasteiger partial charge in [0.1, 0.15) is 0 Å². The van der Waals surface area contributed by atoms with Crippen molar-refractivity contribution in [2.45, 2.75) is 40.2 Å². The highest BCUT2D eigenvalue weighted by atomic mass is 32.2. The molecule has 0 aromatic carbocycles. The first-order valence-corrected chi connectivity index (χ1v) is 5.90. The molecular weight excluding hydrogens is 166 g/mol. The number of nitrogens with one attached hydrogen (secondary N) is 1. The molecule has 0 aliphatic carbocycles. The molecule has 12 heavy (non-hydrogen) atoms. The topological polar surface area (TPSA) is 12.0 Å². The Morgan fingerprint density at radius 1 is 1.25 bits per heavy atom. The third kappa shape index (κ3) is 10.3. The summed E-state index contributed by atoms with van der Waals surface area (Å²) in [7, 11) is 0. The average molecular weight is 189 g/mol. The van der Waals surface area contributed by atoms with Crippen LogP contribution in [-0.4, -0.2) is 23.6 Å². The third-order valence-corrected chi connectivity index (χ3v) is 2.75. The van der Waals surface area contributed by atoms with Crippen molar-refractivity contribution >= 4 is 11.8 Å². The molecule has 0 fully saturated rings. The van der Waals surface area contributed by atoms with Gasteiger partial charge in [-0.1, -0.05) is 13.8 Å². The highest BCUT2D eigenvalue weighted by Crippen LogP contribution is 2.06. The van der Waals surface area contributed by atoms with E-state index in [2.05, 4.69) is 39.9 Å². The fourth-order valence-electron chi connectivity index (χ4n) is 0.817. The van der Waals surface area contributed by atoms with E-state index in [0.29, 0.717) is 0 Å². The van der Waals surface area contributed by atoms with Crippen LogP contribution >= 0.6 is 11.8 Å². The summed E-state index contributed by atoms with van der Waals surface area (Å²) in [6, 6.07) is 0. The zero-order valence-electron chi connectivity index (χ0n) is 9.11. The molecule has 2 heteroatoms. The van der Waals surface area contributed by atoms with Crippen LogP contribution in [0, 0.1) is 5.92 Å². The minimum atomic E-state index is 0.276. The molecule has 0 amide bonds. The van der Waals surface area contributed by atoms with Crippen molar-refractivity contribution in [2.75, 3.05) is 18.1 Å². The summed E-state index contributed by atoms with van der Waals surface area (Å²) < 4.78 is 0. The summed E-state index contributed by atoms with van der Waals surface area (Å²) in [4.78, 5) is 0. The Kier molecular flexibility index (Phi) is 6.02. The molecule has 1 N–H and O–H groups in total. The Morgan fingerprint density at radius 3 is 2.25 bits per heavy atom. The number of rotatable bonds is 5. The van der Waals surface area contributed by atoms with E-state index in [0.717, 1.165) is 12.5 Å². The van der Waals surface area contributed by atoms with Crippen LogP contribution in [-0.2, 0) is 0 Å². The molecule has 0 aromatic rings. The molecule has 0 atom stereocenters. The molecule has 0 aliphatic rings. The first-order chi connectivity index (χ1) is 5.42. The van der Waals surface area contributed by atoms with Gasteiger partial charge in [0.15, 0.2) is 0 Å². The van der Waals surface area contributed by atoms with Crippen molar-refractivity contribution in [3.63, 3.8) is 0 Å². The molecule has 0 saturated carbocycles. The van der Waals surface area contributed by atoms with Gasteiger partial charge in [-0.05, 0) is 32.4 Å². The SMILES string of the molecule is CC(C)CSCCNC(C)(C)C. The second-order valence-corrected chi connectivity index (χ2v) is 5.80. The molecule has 0 bridgehead atoms. The molecule has 0 rings (SSSR count). The van der Waals surface area contributed by atoms with Gasteiger partial charge in [0.2, 0.25) is 0 Å². The van der Waals surface area contributed by atoms with Gasteiger partial charge < -0.3 is 5.32 Å². The van der Waals surface area contributed by atoms with Crippen LogP contribution in [0.25, 0.3) is 0 Å². The summed E-state index contributed by atoms with van der Waals surface area (Å²) in [5.74, 6) is 3.34. The summed E-state index contributed by atoms with van der Waals surface area (Å²) in [6.45, 7) is 12.3. The van der Waals surface area contributed by atoms with E-state index in [4.69, 9.17) is 0 Å². The van der Waals surface area contributed by atoms with Gasteiger partial charge in [0.25, 0.3) is 0 Å². The summed E-state index contributed by atoms with van der Waals surface area (Å²) >= 11 is 2.04. The lowest BCUT2D eigenvalue weighted by atomic mass is 10.1. The molecule has 0 spiro atoms. The zero-order chi connectivity index (χ0) is 9.61. The summed E-state index contributed by atoms with van der Waals surface area (Å²) in [6.07, 6.45) is 0. The first kappa shape index (κ1) is 12.3. The van der Waals surface area contributed by atoms with E-state index < -0.39 is 0 Å². The van der Waals surface area contributed by atoms with Gasteiger partial charge in [-0.25, -0.2) is 0 Å². The lowest BCUT2D eigenvalue weighted by molar-refractivity contribution is 0.441. The quantitative estimate of drug-likeness (QED) is 0.667. The molecule has 0 radical (unpaired) electrons. The smallest absolute Gasteiger partial charge is 0.00968 e. The highest BCUT2D eigenvalue weighted by molar-refractivity contribution is 7.99. The first-order valence-electron chi connectivity index (χ1n) is 4.74. The fraction of sp³-hybridized carbons (Fsp3) is 1.00. The van der Waals surface area contributed by atoms with Gasteiger partial charge in [0, 0.05) is 17.8 Å². The van der Waals surface area contributed by atoms with E-state index in [9.17, 15) is 0 Å². The standard InChI is InChI=1S/C10H23NS/c1-9(2)8-12-7-6-11-10(3,4)5/h9,11H,6-8H2,1-5H3. The van der Waals surface area contributed by atoms with Gasteiger partial charge in [0.05, 0.1) is 0 Å². The second-order valence-electron chi connectivity index (χ2n) is 4.65. The van der Waals surface area contributed by atoms with Gasteiger partial charge >= 0.3 is 0 Å². The maximum absolute atomic E-state index is 3.47. The van der Waals surface area contributed by atoms with Gasteiger partial charge in [-0.2, -0.15) is 11.8 Å². The summed E-state index contributed by atoms with van der Waals surface area (Å²) in [5, 5.41) is 3.47. The third-order valence-electron chi connectivity index (χ3n) is 1.35. The molecular formula is C10H23NS. The Bertz CT molecular complexity index is 105. The Labute approximate surface area is 81.7 Å². The second kappa shape index (κ2) is 5.87. The maximum atomic E-state index is 3.47. The molecule has 0 heterocycles. The Hall–Kier alpha value is 0.310. The van der Waals surface area contributed by atoms with Crippen molar-refractivity contribution in [1.29, 1.82) is 0 Å². The average Bonchev–Trinajstić information content (AvgIpc) is 1.83. The number of hydrogen-bond donors (Lipinski definition) is 1.